The van der Waals surface area contributed by atoms with Gasteiger partial charge in [-0.25, -0.2) is 14.5 Å². The highest BCUT2D eigenvalue weighted by Gasteiger charge is 2.52. The number of esters is 1. The average Bonchev–Trinajstić information content (AvgIpc) is 3.18. The second-order valence-electron chi connectivity index (χ2n) is 7.18. The molecule has 0 bridgehead atoms. The average molecular weight is 507 g/mol. The lowest BCUT2D eigenvalue weighted by Gasteiger charge is -2.32. The molecule has 0 spiro atoms. The largest absolute Gasteiger partial charge is 0.466 e. The minimum Gasteiger partial charge on any atom is -0.466 e. The van der Waals surface area contributed by atoms with Crippen LogP contribution in [0.1, 0.15) is 0 Å². The quantitative estimate of drug-likeness (QED) is 0.463. The molecule has 2 unspecified atom stereocenters. The number of amides is 2. The number of methoxy groups -OCH3 is 2. The van der Waals surface area contributed by atoms with Gasteiger partial charge in [0.05, 0.1) is 19.9 Å². The van der Waals surface area contributed by atoms with Crippen LogP contribution in [-0.4, -0.2) is 49.5 Å². The van der Waals surface area contributed by atoms with E-state index >= 15 is 0 Å². The number of benzene rings is 2. The van der Waals surface area contributed by atoms with Crippen molar-refractivity contribution in [3.8, 4) is 0 Å². The third-order valence-electron chi connectivity index (χ3n) is 5.09. The van der Waals surface area contributed by atoms with Crippen molar-refractivity contribution >= 4 is 47.2 Å². The molecule has 1 aliphatic heterocycles. The zero-order valence-corrected chi connectivity index (χ0v) is 18.9. The molecule has 1 heterocycles. The number of carbonyl (C=O) groups is 3. The van der Waals surface area contributed by atoms with Crippen molar-refractivity contribution in [2.24, 2.45) is 10.2 Å². The molecule has 0 radical (unpaired) electrons. The zero-order chi connectivity index (χ0) is 25.4. The molecule has 2 aromatic rings. The van der Waals surface area contributed by atoms with Crippen LogP contribution in [0.15, 0.2) is 63.7 Å². The van der Waals surface area contributed by atoms with Crippen LogP contribution >= 0.6 is 11.8 Å². The molecule has 1 aliphatic carbocycles. The molecule has 35 heavy (non-hydrogen) atoms. The third-order valence-corrected chi connectivity index (χ3v) is 5.83. The van der Waals surface area contributed by atoms with Gasteiger partial charge in [-0.15, -0.1) is 5.11 Å². The topological polar surface area (TPSA) is 107 Å². The van der Waals surface area contributed by atoms with Crippen molar-refractivity contribution in [1.82, 2.24) is 0 Å². The highest BCUT2D eigenvalue weighted by molar-refractivity contribution is 8.00. The fourth-order valence-corrected chi connectivity index (χ4v) is 4.17. The van der Waals surface area contributed by atoms with Crippen LogP contribution in [-0.2, 0) is 23.8 Å². The standard InChI is InChI=1S/C22H16F3N3O6S/c1-32-19(30)21-11-12-5-3-4-6-15(12)16(21)26-27-17(34-21)18(29)28(20(31)33-2)13-7-9-14(10-8-13)35-22(23,24)25/h3-11,17H,1-2H3. The van der Waals surface area contributed by atoms with E-state index in [2.05, 4.69) is 15.0 Å². The number of fused-ring (bicyclic) bond motifs is 2. The summed E-state index contributed by atoms with van der Waals surface area (Å²) in [6.07, 6.45) is -1.48. The molecule has 0 saturated heterocycles. The van der Waals surface area contributed by atoms with E-state index in [9.17, 15) is 27.6 Å². The van der Waals surface area contributed by atoms with Gasteiger partial charge in [0.15, 0.2) is 0 Å². The van der Waals surface area contributed by atoms with Gasteiger partial charge in [-0.2, -0.15) is 18.3 Å². The van der Waals surface area contributed by atoms with E-state index in [0.29, 0.717) is 15.3 Å². The molecule has 0 N–H and O–H groups in total. The number of halogens is 3. The van der Waals surface area contributed by atoms with E-state index in [1.807, 2.05) is 0 Å². The molecule has 2 atom stereocenters. The first-order valence-corrected chi connectivity index (χ1v) is 10.7. The smallest absolute Gasteiger partial charge is 0.446 e. The molecular formula is C22H16F3N3O6S. The maximum Gasteiger partial charge on any atom is 0.446 e. The number of azo groups is 1. The predicted octanol–water partition coefficient (Wildman–Crippen LogP) is 2.72. The number of hydrogen-bond donors (Lipinski definition) is 0. The number of anilines is 1. The summed E-state index contributed by atoms with van der Waals surface area (Å²) in [7, 11) is 2.15. The molecule has 0 saturated carbocycles. The van der Waals surface area contributed by atoms with Crippen LogP contribution in [0.25, 0.3) is 11.8 Å². The molecule has 2 aromatic carbocycles. The Labute approximate surface area is 199 Å². The normalized spacial score (nSPS) is 20.4. The molecule has 4 rings (SSSR count). The summed E-state index contributed by atoms with van der Waals surface area (Å²) in [5.41, 5.74) is -6.40. The van der Waals surface area contributed by atoms with E-state index < -0.39 is 35.3 Å². The lowest BCUT2D eigenvalue weighted by Crippen LogP contribution is -2.51. The van der Waals surface area contributed by atoms with Crippen LogP contribution in [0.2, 0.25) is 0 Å². The van der Waals surface area contributed by atoms with E-state index in [-0.39, 0.29) is 28.0 Å². The summed E-state index contributed by atoms with van der Waals surface area (Å²) in [5.74, 6) is -1.94. The summed E-state index contributed by atoms with van der Waals surface area (Å²) in [4.78, 5) is 38.9. The van der Waals surface area contributed by atoms with Gasteiger partial charge in [0.1, 0.15) is 5.70 Å². The van der Waals surface area contributed by atoms with Crippen molar-refractivity contribution in [3.63, 3.8) is 0 Å². The first-order chi connectivity index (χ1) is 16.6. The minimum atomic E-state index is -4.51. The SMILES string of the molecule is COC(=O)N(C(=O)C1N=NC2=c3ccccc3=CC2(C(=O)OC)O1)c1ccc(SC(F)(F)F)cc1. The summed E-state index contributed by atoms with van der Waals surface area (Å²) >= 11 is -0.355. The Kier molecular flexibility index (Phi) is 6.38. The Morgan fingerprint density at radius 1 is 1.06 bits per heavy atom. The second-order valence-corrected chi connectivity index (χ2v) is 8.32. The van der Waals surface area contributed by atoms with Crippen molar-refractivity contribution in [2.75, 3.05) is 19.1 Å². The highest BCUT2D eigenvalue weighted by Crippen LogP contribution is 2.38. The van der Waals surface area contributed by atoms with Gasteiger partial charge in [-0.05, 0) is 47.3 Å². The second kappa shape index (κ2) is 9.15. The number of nitrogens with zero attached hydrogens (tertiary/aromatic N) is 3. The van der Waals surface area contributed by atoms with E-state index in [1.165, 1.54) is 6.08 Å². The van der Waals surface area contributed by atoms with Crippen LogP contribution in [0.5, 0.6) is 0 Å². The van der Waals surface area contributed by atoms with Crippen molar-refractivity contribution < 1.29 is 41.8 Å². The molecule has 13 heteroatoms. The maximum atomic E-state index is 13.3. The molecule has 0 fully saturated rings. The Morgan fingerprint density at radius 3 is 2.37 bits per heavy atom. The van der Waals surface area contributed by atoms with Gasteiger partial charge in [0.25, 0.3) is 12.1 Å². The van der Waals surface area contributed by atoms with Crippen LogP contribution in [0.3, 0.4) is 0 Å². The van der Waals surface area contributed by atoms with Crippen molar-refractivity contribution in [2.45, 2.75) is 22.2 Å². The molecule has 182 valence electrons. The Balaban J connectivity index is 1.70. The van der Waals surface area contributed by atoms with Gasteiger partial charge in [-0.1, -0.05) is 24.3 Å². The maximum absolute atomic E-state index is 13.3. The molecule has 9 nitrogen and oxygen atoms in total. The number of rotatable bonds is 4. The van der Waals surface area contributed by atoms with Crippen LogP contribution in [0, 0.1) is 0 Å². The molecular weight excluding hydrogens is 491 g/mol. The van der Waals surface area contributed by atoms with Crippen molar-refractivity contribution in [1.29, 1.82) is 0 Å². The minimum absolute atomic E-state index is 0.104. The lowest BCUT2D eigenvalue weighted by molar-refractivity contribution is -0.163. The van der Waals surface area contributed by atoms with Gasteiger partial charge in [0, 0.05) is 10.1 Å². The predicted molar refractivity (Wildman–Crippen MR) is 116 cm³/mol. The Hall–Kier alpha value is -3.71. The number of hydrogen-bond acceptors (Lipinski definition) is 9. The van der Waals surface area contributed by atoms with Crippen LogP contribution in [0.4, 0.5) is 23.7 Å². The van der Waals surface area contributed by atoms with Gasteiger partial charge < -0.3 is 14.2 Å². The number of thioether (sulfide) groups is 1. The molecule has 0 aromatic heterocycles. The fourth-order valence-electron chi connectivity index (χ4n) is 3.63. The number of ether oxygens (including phenoxy) is 3. The number of carbonyl (C=O) groups excluding carboxylic acids is 3. The number of alkyl halides is 3. The van der Waals surface area contributed by atoms with Crippen molar-refractivity contribution in [3.05, 3.63) is 59.0 Å². The molecule has 2 aliphatic rings. The van der Waals surface area contributed by atoms with E-state index in [4.69, 9.17) is 9.47 Å². The Bertz CT molecular complexity index is 1350. The first kappa shape index (κ1) is 24.4. The third kappa shape index (κ3) is 4.51. The van der Waals surface area contributed by atoms with Gasteiger partial charge in [0.2, 0.25) is 5.60 Å². The van der Waals surface area contributed by atoms with Gasteiger partial charge >= 0.3 is 17.6 Å². The summed E-state index contributed by atoms with van der Waals surface area (Å²) in [6, 6.07) is 11.3. The summed E-state index contributed by atoms with van der Waals surface area (Å²) < 4.78 is 53.3. The fraction of sp³-hybridized carbons (Fsp3) is 0.227. The summed E-state index contributed by atoms with van der Waals surface area (Å²) in [6.45, 7) is 0. The van der Waals surface area contributed by atoms with E-state index in [0.717, 1.165) is 38.5 Å². The summed E-state index contributed by atoms with van der Waals surface area (Å²) in [5, 5.41) is 9.05. The Morgan fingerprint density at radius 2 is 1.74 bits per heavy atom. The zero-order valence-electron chi connectivity index (χ0n) is 18.1. The number of imide groups is 1. The lowest BCUT2D eigenvalue weighted by atomic mass is 10.0. The van der Waals surface area contributed by atoms with E-state index in [1.54, 1.807) is 24.3 Å². The van der Waals surface area contributed by atoms with Crippen LogP contribution < -0.4 is 15.3 Å². The highest BCUT2D eigenvalue weighted by atomic mass is 32.2. The molecule has 2 amide bonds. The monoisotopic (exact) mass is 507 g/mol. The van der Waals surface area contributed by atoms with Gasteiger partial charge in [-0.3, -0.25) is 4.79 Å². The first-order valence-electron chi connectivity index (χ1n) is 9.87.